The Kier molecular flexibility index (Phi) is 8.06. The minimum absolute atomic E-state index is 0.0412. The summed E-state index contributed by atoms with van der Waals surface area (Å²) in [6, 6.07) is 1.49. The maximum absolute atomic E-state index is 14.0. The van der Waals surface area contributed by atoms with Gasteiger partial charge in [0.15, 0.2) is 0 Å². The van der Waals surface area contributed by atoms with E-state index in [4.69, 9.17) is 5.73 Å². The number of nitrogens with zero attached hydrogens (tertiary/aromatic N) is 6. The van der Waals surface area contributed by atoms with Crippen LogP contribution >= 0.6 is 0 Å². The normalized spacial score (nSPS) is 15.7. The number of carbonyl (C=O) groups excluding carboxylic acids is 1. The van der Waals surface area contributed by atoms with Crippen LogP contribution in [-0.4, -0.2) is 61.4 Å². The van der Waals surface area contributed by atoms with Gasteiger partial charge in [0.2, 0.25) is 0 Å². The van der Waals surface area contributed by atoms with Gasteiger partial charge in [0.25, 0.3) is 11.5 Å². The van der Waals surface area contributed by atoms with Crippen LogP contribution < -0.4 is 27.2 Å². The fourth-order valence-electron chi connectivity index (χ4n) is 5.10. The van der Waals surface area contributed by atoms with E-state index < -0.39 is 29.9 Å². The minimum Gasteiger partial charge on any atom is -0.356 e. The number of rotatable bonds is 6. The number of nitrogens with two attached hydrogens (primary N) is 1. The lowest BCUT2D eigenvalue weighted by Crippen LogP contribution is -2.44. The van der Waals surface area contributed by atoms with Crippen molar-refractivity contribution in [2.24, 2.45) is 12.8 Å². The summed E-state index contributed by atoms with van der Waals surface area (Å²) in [6.07, 6.45) is -3.28. The second kappa shape index (κ2) is 11.2. The number of halogens is 3. The molecule has 1 aliphatic rings. The van der Waals surface area contributed by atoms with Gasteiger partial charge in [-0.3, -0.25) is 18.7 Å². The lowest BCUT2D eigenvalue weighted by atomic mass is 10.1. The largest absolute Gasteiger partial charge is 0.405 e. The van der Waals surface area contributed by atoms with Crippen molar-refractivity contribution in [3.63, 3.8) is 0 Å². The number of alkyl halides is 3. The van der Waals surface area contributed by atoms with Crippen molar-refractivity contribution in [2.45, 2.75) is 58.9 Å². The summed E-state index contributed by atoms with van der Waals surface area (Å²) in [5.74, 6) is 5.01. The van der Waals surface area contributed by atoms with Crippen LogP contribution in [0.1, 0.15) is 47.3 Å². The highest BCUT2D eigenvalue weighted by Crippen LogP contribution is 2.33. The van der Waals surface area contributed by atoms with E-state index in [1.165, 1.54) is 11.6 Å². The standard InChI is InChI=1S/C26H31F3N8O3/c1-5-6-10-36-21-20(34(4)25(40)37(24(21)39)13-18-32-15(2)11-16(3)33-18)19(22(38)31-14-26(27,28)29)23(36)35-9-7-8-17(30)12-35/h11,17H,7-10,12-14,30H2,1-4H3,(H,31,38)/t17-/m1/s1. The number of hydrogen-bond acceptors (Lipinski definition) is 7. The quantitative estimate of drug-likeness (QED) is 0.433. The highest BCUT2D eigenvalue weighted by molar-refractivity contribution is 6.11. The third-order valence-corrected chi connectivity index (χ3v) is 6.69. The molecule has 1 fully saturated rings. The van der Waals surface area contributed by atoms with Gasteiger partial charge >= 0.3 is 11.9 Å². The Bertz CT molecular complexity index is 1620. The van der Waals surface area contributed by atoms with Gasteiger partial charge < -0.3 is 20.5 Å². The van der Waals surface area contributed by atoms with Crippen LogP contribution in [0.5, 0.6) is 0 Å². The van der Waals surface area contributed by atoms with Gasteiger partial charge in [-0.15, -0.1) is 5.92 Å². The molecule has 0 saturated carbocycles. The molecule has 0 radical (unpaired) electrons. The third-order valence-electron chi connectivity index (χ3n) is 6.69. The van der Waals surface area contributed by atoms with E-state index in [-0.39, 0.29) is 47.4 Å². The lowest BCUT2D eigenvalue weighted by Gasteiger charge is -2.33. The molecule has 0 aromatic carbocycles. The molecule has 3 aromatic heterocycles. The second-order valence-corrected chi connectivity index (χ2v) is 9.85. The van der Waals surface area contributed by atoms with Crippen LogP contribution in [-0.2, 0) is 20.1 Å². The average molecular weight is 561 g/mol. The Balaban J connectivity index is 2.05. The number of piperidine rings is 1. The van der Waals surface area contributed by atoms with Crippen LogP contribution in [0.25, 0.3) is 11.0 Å². The molecule has 40 heavy (non-hydrogen) atoms. The molecule has 4 rings (SSSR count). The highest BCUT2D eigenvalue weighted by Gasteiger charge is 2.35. The van der Waals surface area contributed by atoms with Gasteiger partial charge in [0.05, 0.1) is 18.6 Å². The number of aromatic nitrogens is 5. The molecule has 214 valence electrons. The van der Waals surface area contributed by atoms with E-state index in [0.29, 0.717) is 30.9 Å². The number of anilines is 1. The van der Waals surface area contributed by atoms with Crippen LogP contribution in [0, 0.1) is 25.7 Å². The molecule has 1 amide bonds. The van der Waals surface area contributed by atoms with Crippen LogP contribution in [0.4, 0.5) is 19.0 Å². The van der Waals surface area contributed by atoms with Crippen molar-refractivity contribution in [3.8, 4) is 11.8 Å². The van der Waals surface area contributed by atoms with Crippen LogP contribution in [0.15, 0.2) is 15.7 Å². The fourth-order valence-corrected chi connectivity index (χ4v) is 5.10. The van der Waals surface area contributed by atoms with Gasteiger partial charge in [-0.25, -0.2) is 14.8 Å². The van der Waals surface area contributed by atoms with Gasteiger partial charge in [-0.1, -0.05) is 5.92 Å². The van der Waals surface area contributed by atoms with Crippen molar-refractivity contribution < 1.29 is 18.0 Å². The summed E-state index contributed by atoms with van der Waals surface area (Å²) in [4.78, 5) is 51.3. The van der Waals surface area contributed by atoms with Crippen molar-refractivity contribution in [1.82, 2.24) is 29.0 Å². The summed E-state index contributed by atoms with van der Waals surface area (Å²) in [5, 5.41) is 1.91. The molecule has 1 aliphatic heterocycles. The molecule has 14 heteroatoms. The molecule has 1 saturated heterocycles. The zero-order valence-electron chi connectivity index (χ0n) is 22.7. The Morgan fingerprint density at radius 3 is 2.45 bits per heavy atom. The smallest absolute Gasteiger partial charge is 0.356 e. The maximum atomic E-state index is 14.0. The van der Waals surface area contributed by atoms with E-state index in [0.717, 1.165) is 15.6 Å². The fraction of sp³-hybridized carbons (Fsp3) is 0.500. The molecule has 4 heterocycles. The summed E-state index contributed by atoms with van der Waals surface area (Å²) in [7, 11) is 1.37. The summed E-state index contributed by atoms with van der Waals surface area (Å²) in [6.45, 7) is 4.00. The summed E-state index contributed by atoms with van der Waals surface area (Å²) < 4.78 is 42.7. The molecule has 0 unspecified atom stereocenters. The molecular formula is C26H31F3N8O3. The highest BCUT2D eigenvalue weighted by atomic mass is 19.4. The number of fused-ring (bicyclic) bond motifs is 1. The van der Waals surface area contributed by atoms with Gasteiger partial charge in [0, 0.05) is 37.6 Å². The zero-order chi connectivity index (χ0) is 29.4. The van der Waals surface area contributed by atoms with Crippen molar-refractivity contribution in [3.05, 3.63) is 49.7 Å². The first-order chi connectivity index (χ1) is 18.8. The average Bonchev–Trinajstić information content (AvgIpc) is 3.21. The molecule has 0 aliphatic carbocycles. The number of amides is 1. The number of aryl methyl sites for hydroxylation is 3. The molecule has 11 nitrogen and oxygen atoms in total. The Morgan fingerprint density at radius 2 is 1.85 bits per heavy atom. The topological polar surface area (TPSA) is 133 Å². The molecule has 3 aromatic rings. The Labute approximate surface area is 227 Å². The van der Waals surface area contributed by atoms with E-state index in [9.17, 15) is 27.6 Å². The van der Waals surface area contributed by atoms with Crippen LogP contribution in [0.3, 0.4) is 0 Å². The van der Waals surface area contributed by atoms with E-state index in [1.807, 2.05) is 5.32 Å². The molecule has 0 bridgehead atoms. The van der Waals surface area contributed by atoms with Crippen LogP contribution in [0.2, 0.25) is 0 Å². The Morgan fingerprint density at radius 1 is 1.18 bits per heavy atom. The molecule has 1 atom stereocenters. The maximum Gasteiger partial charge on any atom is 0.405 e. The molecular weight excluding hydrogens is 529 g/mol. The van der Waals surface area contributed by atoms with E-state index >= 15 is 0 Å². The molecule has 3 N–H and O–H groups in total. The van der Waals surface area contributed by atoms with Crippen molar-refractivity contribution >= 4 is 22.8 Å². The summed E-state index contributed by atoms with van der Waals surface area (Å²) >= 11 is 0. The van der Waals surface area contributed by atoms with Gasteiger partial charge in [-0.2, -0.15) is 13.2 Å². The Hall–Kier alpha value is -4.12. The zero-order valence-corrected chi connectivity index (χ0v) is 22.7. The monoisotopic (exact) mass is 560 g/mol. The second-order valence-electron chi connectivity index (χ2n) is 9.85. The SMILES string of the molecule is CC#CCn1c(N2CCC[C@@H](N)C2)c(C(=O)NCC(F)(F)F)c2c1c(=O)n(Cc1nc(C)cc(C)n1)c(=O)n2C. The predicted octanol–water partition coefficient (Wildman–Crippen LogP) is 1.20. The van der Waals surface area contributed by atoms with E-state index in [2.05, 4.69) is 21.8 Å². The van der Waals surface area contributed by atoms with Gasteiger partial charge in [0.1, 0.15) is 29.3 Å². The van der Waals surface area contributed by atoms with E-state index in [1.54, 1.807) is 31.7 Å². The van der Waals surface area contributed by atoms with Crippen molar-refractivity contribution in [2.75, 3.05) is 24.5 Å². The first kappa shape index (κ1) is 28.9. The summed E-state index contributed by atoms with van der Waals surface area (Å²) in [5.41, 5.74) is 5.67. The van der Waals surface area contributed by atoms with Gasteiger partial charge in [-0.05, 0) is 39.7 Å². The van der Waals surface area contributed by atoms with Crippen molar-refractivity contribution in [1.29, 1.82) is 0 Å². The lowest BCUT2D eigenvalue weighted by molar-refractivity contribution is -0.123. The first-order valence-electron chi connectivity index (χ1n) is 12.7. The first-order valence-corrected chi connectivity index (χ1v) is 12.7. The third kappa shape index (κ3) is 5.74. The number of hydrogen-bond donors (Lipinski definition) is 2. The molecule has 0 spiro atoms. The number of carbonyl (C=O) groups is 1. The predicted molar refractivity (Wildman–Crippen MR) is 143 cm³/mol. The number of nitrogens with one attached hydrogen (secondary N) is 1. The minimum atomic E-state index is -4.67.